The second-order valence-corrected chi connectivity index (χ2v) is 7.92. The quantitative estimate of drug-likeness (QED) is 0.591. The highest BCUT2D eigenvalue weighted by atomic mass is 32.1. The van der Waals surface area contributed by atoms with Crippen LogP contribution in [0, 0.1) is 10.1 Å². The van der Waals surface area contributed by atoms with Gasteiger partial charge in [0.05, 0.1) is 9.80 Å². The molecule has 6 nitrogen and oxygen atoms in total. The molecule has 0 N–H and O–H groups in total. The molecule has 0 saturated carbocycles. The smallest absolute Gasteiger partial charge is 0.324 e. The summed E-state index contributed by atoms with van der Waals surface area (Å²) in [4.78, 5) is 27.4. The summed E-state index contributed by atoms with van der Waals surface area (Å²) in [7, 11) is 0. The Morgan fingerprint density at radius 3 is 2.31 bits per heavy atom. The second-order valence-electron chi connectivity index (χ2n) is 6.86. The molecule has 0 spiro atoms. The zero-order valence-corrected chi connectivity index (χ0v) is 15.9. The van der Waals surface area contributed by atoms with Crippen LogP contribution in [0.25, 0.3) is 0 Å². The van der Waals surface area contributed by atoms with E-state index < -0.39 is 4.92 Å². The van der Waals surface area contributed by atoms with E-state index in [2.05, 4.69) is 43.0 Å². The van der Waals surface area contributed by atoms with Crippen LogP contribution in [-0.4, -0.2) is 46.8 Å². The molecule has 2 aromatic rings. The lowest BCUT2D eigenvalue weighted by atomic mass is 10.0. The molecule has 1 aliphatic heterocycles. The third kappa shape index (κ3) is 4.28. The van der Waals surface area contributed by atoms with Crippen molar-refractivity contribution in [2.45, 2.75) is 26.3 Å². The lowest BCUT2D eigenvalue weighted by Gasteiger charge is -2.34. The molecule has 1 saturated heterocycles. The van der Waals surface area contributed by atoms with Gasteiger partial charge in [-0.15, -0.1) is 0 Å². The van der Waals surface area contributed by atoms with Crippen molar-refractivity contribution in [3.63, 3.8) is 0 Å². The molecule has 0 radical (unpaired) electrons. The number of hydrogen-bond acceptors (Lipinski definition) is 5. The average molecular weight is 373 g/mol. The number of hydrogen-bond donors (Lipinski definition) is 0. The van der Waals surface area contributed by atoms with E-state index in [0.717, 1.165) is 31.0 Å². The van der Waals surface area contributed by atoms with Gasteiger partial charge in [0.15, 0.2) is 0 Å². The topological polar surface area (TPSA) is 66.7 Å². The van der Waals surface area contributed by atoms with Crippen molar-refractivity contribution >= 4 is 22.2 Å². The van der Waals surface area contributed by atoms with Crippen LogP contribution in [0.4, 0.5) is 5.00 Å². The molecule has 0 aliphatic carbocycles. The van der Waals surface area contributed by atoms with Gasteiger partial charge in [0, 0.05) is 38.8 Å². The van der Waals surface area contributed by atoms with E-state index in [1.807, 2.05) is 0 Å². The number of nitrogens with zero attached hydrogens (tertiary/aromatic N) is 3. The Morgan fingerprint density at radius 2 is 1.77 bits per heavy atom. The molecule has 1 aromatic heterocycles. The van der Waals surface area contributed by atoms with Crippen molar-refractivity contribution in [1.29, 1.82) is 0 Å². The van der Waals surface area contributed by atoms with Crippen LogP contribution in [0.2, 0.25) is 0 Å². The third-order valence-electron chi connectivity index (χ3n) is 4.69. The Bertz CT molecular complexity index is 778. The van der Waals surface area contributed by atoms with E-state index in [-0.39, 0.29) is 10.9 Å². The van der Waals surface area contributed by atoms with Crippen LogP contribution >= 0.6 is 11.3 Å². The zero-order chi connectivity index (χ0) is 18.7. The van der Waals surface area contributed by atoms with Gasteiger partial charge in [0.25, 0.3) is 5.91 Å². The first-order valence-electron chi connectivity index (χ1n) is 8.78. The molecule has 1 aliphatic rings. The minimum atomic E-state index is -0.454. The van der Waals surface area contributed by atoms with E-state index in [0.29, 0.717) is 23.9 Å². The number of nitro groups is 1. The highest BCUT2D eigenvalue weighted by molar-refractivity contribution is 7.17. The fourth-order valence-corrected chi connectivity index (χ4v) is 3.86. The summed E-state index contributed by atoms with van der Waals surface area (Å²) < 4.78 is 0. The number of thiophene rings is 1. The molecule has 0 bridgehead atoms. The fraction of sp³-hybridized carbons (Fsp3) is 0.421. The molecule has 3 rings (SSSR count). The first-order chi connectivity index (χ1) is 12.4. The average Bonchev–Trinajstić information content (AvgIpc) is 3.13. The molecular formula is C19H23N3O3S. The Kier molecular flexibility index (Phi) is 5.68. The second kappa shape index (κ2) is 7.97. The number of rotatable bonds is 5. The Morgan fingerprint density at radius 1 is 1.12 bits per heavy atom. The van der Waals surface area contributed by atoms with Crippen LogP contribution in [0.5, 0.6) is 0 Å². The monoisotopic (exact) mass is 373 g/mol. The normalized spacial score (nSPS) is 15.4. The molecule has 138 valence electrons. The molecular weight excluding hydrogens is 350 g/mol. The summed E-state index contributed by atoms with van der Waals surface area (Å²) in [6.07, 6.45) is 0. The number of piperazine rings is 1. The molecule has 26 heavy (non-hydrogen) atoms. The summed E-state index contributed by atoms with van der Waals surface area (Å²) in [6.45, 7) is 8.17. The Balaban J connectivity index is 1.53. The molecule has 0 unspecified atom stereocenters. The van der Waals surface area contributed by atoms with Gasteiger partial charge in [0.1, 0.15) is 0 Å². The van der Waals surface area contributed by atoms with Gasteiger partial charge in [-0.25, -0.2) is 0 Å². The highest BCUT2D eigenvalue weighted by Gasteiger charge is 2.24. The van der Waals surface area contributed by atoms with Gasteiger partial charge >= 0.3 is 5.00 Å². The summed E-state index contributed by atoms with van der Waals surface area (Å²) in [5.41, 5.74) is 2.62. The van der Waals surface area contributed by atoms with E-state index in [9.17, 15) is 14.9 Å². The van der Waals surface area contributed by atoms with Gasteiger partial charge < -0.3 is 4.90 Å². The van der Waals surface area contributed by atoms with E-state index in [4.69, 9.17) is 0 Å². The van der Waals surface area contributed by atoms with Crippen LogP contribution in [0.15, 0.2) is 36.4 Å². The first kappa shape index (κ1) is 18.5. The summed E-state index contributed by atoms with van der Waals surface area (Å²) in [5, 5.41) is 10.8. The van der Waals surface area contributed by atoms with Gasteiger partial charge in [-0.05, 0) is 23.1 Å². The van der Waals surface area contributed by atoms with Crippen molar-refractivity contribution in [2.24, 2.45) is 0 Å². The van der Waals surface area contributed by atoms with Gasteiger partial charge in [0.2, 0.25) is 0 Å². The lowest BCUT2D eigenvalue weighted by Crippen LogP contribution is -2.48. The summed E-state index contributed by atoms with van der Waals surface area (Å²) >= 11 is 0.946. The number of carbonyl (C=O) groups excluding carboxylic acids is 1. The highest BCUT2D eigenvalue weighted by Crippen LogP contribution is 2.25. The van der Waals surface area contributed by atoms with Gasteiger partial charge in [-0.1, -0.05) is 49.4 Å². The predicted molar refractivity (Wildman–Crippen MR) is 103 cm³/mol. The minimum absolute atomic E-state index is 0.0110. The van der Waals surface area contributed by atoms with E-state index >= 15 is 0 Å². The molecule has 0 atom stereocenters. The summed E-state index contributed by atoms with van der Waals surface area (Å²) in [6, 6.07) is 11.7. The van der Waals surface area contributed by atoms with E-state index in [1.165, 1.54) is 17.2 Å². The number of benzene rings is 1. The van der Waals surface area contributed by atoms with Crippen molar-refractivity contribution in [3.8, 4) is 0 Å². The number of carbonyl (C=O) groups is 1. The summed E-state index contributed by atoms with van der Waals surface area (Å²) in [5.74, 6) is 0.427. The Hall–Kier alpha value is -2.25. The minimum Gasteiger partial charge on any atom is -0.335 e. The molecule has 2 heterocycles. The van der Waals surface area contributed by atoms with Crippen molar-refractivity contribution in [2.75, 3.05) is 26.2 Å². The first-order valence-corrected chi connectivity index (χ1v) is 9.60. The van der Waals surface area contributed by atoms with Crippen LogP contribution in [0.1, 0.15) is 40.6 Å². The predicted octanol–water partition coefficient (Wildman–Crippen LogP) is 3.74. The molecule has 1 aromatic carbocycles. The van der Waals surface area contributed by atoms with Gasteiger partial charge in [-0.2, -0.15) is 0 Å². The SMILES string of the molecule is CC(C)c1ccc(CN2CCN(C(=O)c3ccc([N+](=O)[O-])s3)CC2)cc1. The maximum absolute atomic E-state index is 12.5. The van der Waals surface area contributed by atoms with Crippen LogP contribution in [0.3, 0.4) is 0 Å². The van der Waals surface area contributed by atoms with Gasteiger partial charge in [-0.3, -0.25) is 19.8 Å². The molecule has 7 heteroatoms. The maximum atomic E-state index is 12.5. The number of amides is 1. The maximum Gasteiger partial charge on any atom is 0.324 e. The van der Waals surface area contributed by atoms with Crippen molar-refractivity contribution < 1.29 is 9.72 Å². The van der Waals surface area contributed by atoms with Crippen molar-refractivity contribution in [1.82, 2.24) is 9.80 Å². The van der Waals surface area contributed by atoms with E-state index in [1.54, 1.807) is 11.0 Å². The lowest BCUT2D eigenvalue weighted by molar-refractivity contribution is -0.380. The molecule has 1 amide bonds. The Labute approximate surface area is 157 Å². The van der Waals surface area contributed by atoms with Crippen molar-refractivity contribution in [3.05, 3.63) is 62.5 Å². The zero-order valence-electron chi connectivity index (χ0n) is 15.1. The third-order valence-corrected chi connectivity index (χ3v) is 5.72. The standard InChI is InChI=1S/C19H23N3O3S/c1-14(2)16-5-3-15(4-6-16)13-20-9-11-21(12-10-20)19(23)17-7-8-18(26-17)22(24)25/h3-8,14H,9-13H2,1-2H3. The fourth-order valence-electron chi connectivity index (χ4n) is 3.07. The van der Waals surface area contributed by atoms with Crippen LogP contribution in [-0.2, 0) is 6.54 Å². The largest absolute Gasteiger partial charge is 0.335 e. The molecule has 1 fully saturated rings. The van der Waals surface area contributed by atoms with Crippen LogP contribution < -0.4 is 0 Å².